The van der Waals surface area contributed by atoms with Crippen LogP contribution in [0, 0.1) is 0 Å². The summed E-state index contributed by atoms with van der Waals surface area (Å²) >= 11 is 0. The van der Waals surface area contributed by atoms with Crippen LogP contribution in [0.25, 0.3) is 11.0 Å². The summed E-state index contributed by atoms with van der Waals surface area (Å²) in [5.41, 5.74) is 0.907. The van der Waals surface area contributed by atoms with E-state index in [1.54, 1.807) is 25.1 Å². The molecule has 0 aliphatic carbocycles. The minimum atomic E-state index is -0.471. The number of aromatic amines is 1. The number of carbonyl (C=O) groups is 1. The summed E-state index contributed by atoms with van der Waals surface area (Å²) in [4.78, 5) is 26.1. The first-order chi connectivity index (χ1) is 8.04. The van der Waals surface area contributed by atoms with Gasteiger partial charge in [0.2, 0.25) is 0 Å². The molecule has 1 heterocycles. The average molecular weight is 234 g/mol. The Balaban J connectivity index is 0.00000162. The van der Waals surface area contributed by atoms with Gasteiger partial charge in [-0.3, -0.25) is 4.79 Å². The molecule has 0 aliphatic heterocycles. The largest absolute Gasteiger partial charge is 0.497 e. The highest BCUT2D eigenvalue weighted by Crippen LogP contribution is 2.18. The molecule has 0 radical (unpaired) electrons. The summed E-state index contributed by atoms with van der Waals surface area (Å²) in [6, 6.07) is 5.04. The van der Waals surface area contributed by atoms with E-state index in [1.807, 2.05) is 0 Å². The summed E-state index contributed by atoms with van der Waals surface area (Å²) in [5, 5.41) is 0. The Morgan fingerprint density at radius 2 is 2.24 bits per heavy atom. The topological polar surface area (TPSA) is 64.1 Å². The maximum Gasteiger partial charge on any atom is 0.333 e. The van der Waals surface area contributed by atoms with Crippen molar-refractivity contribution in [2.45, 2.75) is 6.92 Å². The molecule has 90 valence electrons. The molecule has 1 N–H and O–H groups in total. The number of allylic oxidation sites excluding steroid dienone is 1. The normalized spacial score (nSPS) is 10.5. The Hall–Kier alpha value is -2.30. The zero-order valence-corrected chi connectivity index (χ0v) is 9.61. The van der Waals surface area contributed by atoms with Gasteiger partial charge in [-0.1, -0.05) is 6.58 Å². The molecule has 0 unspecified atom stereocenters. The van der Waals surface area contributed by atoms with Crippen molar-refractivity contribution in [2.75, 3.05) is 7.11 Å². The summed E-state index contributed by atoms with van der Waals surface area (Å²) in [6.45, 7) is 5.11. The zero-order valence-electron chi connectivity index (χ0n) is 9.61. The first kappa shape index (κ1) is 11.2. The lowest BCUT2D eigenvalue weighted by Gasteiger charge is -2.02. The maximum atomic E-state index is 11.8. The van der Waals surface area contributed by atoms with E-state index < -0.39 is 11.6 Å². The minimum Gasteiger partial charge on any atom is -0.497 e. The Bertz CT molecular complexity index is 670. The Morgan fingerprint density at radius 3 is 2.82 bits per heavy atom. The zero-order chi connectivity index (χ0) is 12.6. The van der Waals surface area contributed by atoms with Gasteiger partial charge < -0.3 is 9.72 Å². The fourth-order valence-corrected chi connectivity index (χ4v) is 1.60. The van der Waals surface area contributed by atoms with Gasteiger partial charge in [0.05, 0.1) is 18.1 Å². The molecule has 0 bridgehead atoms. The van der Waals surface area contributed by atoms with Crippen LogP contribution in [0.4, 0.5) is 0 Å². The van der Waals surface area contributed by atoms with Crippen molar-refractivity contribution in [1.82, 2.24) is 9.55 Å². The van der Waals surface area contributed by atoms with Crippen LogP contribution in [0.15, 0.2) is 35.1 Å². The van der Waals surface area contributed by atoms with Gasteiger partial charge in [-0.15, -0.1) is 0 Å². The number of H-pyrrole nitrogens is 1. The molecule has 0 atom stereocenters. The maximum absolute atomic E-state index is 11.8. The molecule has 0 aliphatic rings. The molecule has 0 saturated heterocycles. The van der Waals surface area contributed by atoms with Crippen LogP contribution in [0.1, 0.15) is 13.1 Å². The molecular weight excluding hydrogens is 220 g/mol. The number of hydrogen-bond donors (Lipinski definition) is 1. The fourth-order valence-electron chi connectivity index (χ4n) is 1.60. The smallest absolute Gasteiger partial charge is 0.333 e. The molecular formula is C12H14N2O3. The highest BCUT2D eigenvalue weighted by Gasteiger charge is 2.14. The number of ether oxygens (including phenoxy) is 1. The molecule has 0 spiro atoms. The van der Waals surface area contributed by atoms with Crippen LogP contribution in [-0.2, 0) is 0 Å². The predicted octanol–water partition coefficient (Wildman–Crippen LogP) is 1.80. The van der Waals surface area contributed by atoms with Gasteiger partial charge in [0.25, 0.3) is 5.91 Å². The van der Waals surface area contributed by atoms with Crippen molar-refractivity contribution in [1.29, 1.82) is 0 Å². The number of fused-ring (bicyclic) bond motifs is 1. The molecule has 1 aromatic heterocycles. The van der Waals surface area contributed by atoms with Gasteiger partial charge in [0.1, 0.15) is 5.75 Å². The minimum absolute atomic E-state index is 0. The average Bonchev–Trinajstić information content (AvgIpc) is 2.62. The second kappa shape index (κ2) is 3.93. The van der Waals surface area contributed by atoms with Crippen LogP contribution >= 0.6 is 0 Å². The van der Waals surface area contributed by atoms with E-state index in [4.69, 9.17) is 4.74 Å². The number of aromatic nitrogens is 2. The van der Waals surface area contributed by atoms with Crippen molar-refractivity contribution < 1.29 is 11.0 Å². The number of carbonyl (C=O) groups excluding carboxylic acids is 1. The first-order valence-electron chi connectivity index (χ1n) is 5.03. The summed E-state index contributed by atoms with van der Waals surface area (Å²) in [5.74, 6) is 0.161. The van der Waals surface area contributed by atoms with E-state index in [0.29, 0.717) is 22.4 Å². The van der Waals surface area contributed by atoms with Crippen LogP contribution in [0.3, 0.4) is 0 Å². The molecule has 5 heteroatoms. The molecule has 0 amide bonds. The second-order valence-corrected chi connectivity index (χ2v) is 3.73. The van der Waals surface area contributed by atoms with Crippen molar-refractivity contribution in [3.05, 3.63) is 40.8 Å². The van der Waals surface area contributed by atoms with Gasteiger partial charge in [-0.2, -0.15) is 0 Å². The van der Waals surface area contributed by atoms with E-state index in [9.17, 15) is 9.59 Å². The molecule has 2 rings (SSSR count). The number of imidazole rings is 1. The van der Waals surface area contributed by atoms with Crippen LogP contribution in [0.2, 0.25) is 0 Å². The molecule has 0 saturated carbocycles. The lowest BCUT2D eigenvalue weighted by atomic mass is 10.2. The standard InChI is InChI=1S/C12H12N2O3.H2/c1-7(2)11(15)14-10-6-8(17-3)4-5-9(10)13-12(14)16;/h4-6H,1H2,2-3H3,(H,13,16);1H. The number of hydrogen-bond acceptors (Lipinski definition) is 3. The number of nitrogens with zero attached hydrogens (tertiary/aromatic N) is 1. The predicted molar refractivity (Wildman–Crippen MR) is 66.7 cm³/mol. The van der Waals surface area contributed by atoms with Gasteiger partial charge in [0, 0.05) is 13.1 Å². The molecule has 0 fully saturated rings. The van der Waals surface area contributed by atoms with Gasteiger partial charge >= 0.3 is 5.69 Å². The fraction of sp³-hybridized carbons (Fsp3) is 0.167. The Morgan fingerprint density at radius 1 is 1.53 bits per heavy atom. The van der Waals surface area contributed by atoms with Crippen molar-refractivity contribution in [2.24, 2.45) is 0 Å². The molecule has 2 aromatic rings. The molecule has 17 heavy (non-hydrogen) atoms. The van der Waals surface area contributed by atoms with E-state index >= 15 is 0 Å². The summed E-state index contributed by atoms with van der Waals surface area (Å²) in [6.07, 6.45) is 0. The number of benzene rings is 1. The highest BCUT2D eigenvalue weighted by molar-refractivity contribution is 6.00. The van der Waals surface area contributed by atoms with Crippen molar-refractivity contribution in [3.63, 3.8) is 0 Å². The van der Waals surface area contributed by atoms with Crippen LogP contribution in [0.5, 0.6) is 5.75 Å². The van der Waals surface area contributed by atoms with Crippen molar-refractivity contribution >= 4 is 16.9 Å². The van der Waals surface area contributed by atoms with Gasteiger partial charge in [-0.25, -0.2) is 9.36 Å². The van der Waals surface area contributed by atoms with E-state index in [0.717, 1.165) is 4.57 Å². The second-order valence-electron chi connectivity index (χ2n) is 3.73. The van der Waals surface area contributed by atoms with Crippen LogP contribution in [-0.4, -0.2) is 22.6 Å². The molecule has 1 aromatic carbocycles. The van der Waals surface area contributed by atoms with Crippen LogP contribution < -0.4 is 10.4 Å². The molecule has 5 nitrogen and oxygen atoms in total. The summed E-state index contributed by atoms with van der Waals surface area (Å²) < 4.78 is 6.12. The number of nitrogens with one attached hydrogen (secondary N) is 1. The Labute approximate surface area is 98.8 Å². The van der Waals surface area contributed by atoms with E-state index in [2.05, 4.69) is 11.6 Å². The number of methoxy groups -OCH3 is 1. The lowest BCUT2D eigenvalue weighted by molar-refractivity contribution is 0.0956. The third kappa shape index (κ3) is 1.75. The van der Waals surface area contributed by atoms with Gasteiger partial charge in [0.15, 0.2) is 0 Å². The monoisotopic (exact) mass is 234 g/mol. The van der Waals surface area contributed by atoms with Crippen molar-refractivity contribution in [3.8, 4) is 5.75 Å². The Kier molecular flexibility index (Phi) is 2.59. The van der Waals surface area contributed by atoms with E-state index in [1.165, 1.54) is 7.11 Å². The van der Waals surface area contributed by atoms with E-state index in [-0.39, 0.29) is 1.43 Å². The highest BCUT2D eigenvalue weighted by atomic mass is 16.5. The van der Waals surface area contributed by atoms with Gasteiger partial charge in [-0.05, 0) is 19.1 Å². The number of rotatable bonds is 2. The third-order valence-electron chi connectivity index (χ3n) is 2.46. The quantitative estimate of drug-likeness (QED) is 0.806. The SMILES string of the molecule is C=C(C)C(=O)n1c(=O)[nH]c2ccc(OC)cc21.[HH]. The third-order valence-corrected chi connectivity index (χ3v) is 2.46. The summed E-state index contributed by atoms with van der Waals surface area (Å²) in [7, 11) is 1.52. The lowest BCUT2D eigenvalue weighted by Crippen LogP contribution is -2.24. The first-order valence-corrected chi connectivity index (χ1v) is 5.03.